The number of rotatable bonds is 9. The molecule has 0 spiro atoms. The highest BCUT2D eigenvalue weighted by molar-refractivity contribution is 5.85. The average molecular weight is 436 g/mol. The second-order valence-electron chi connectivity index (χ2n) is 7.90. The number of aromatic nitrogens is 2. The van der Waals surface area contributed by atoms with Crippen LogP contribution in [0, 0.1) is 5.82 Å². The summed E-state index contributed by atoms with van der Waals surface area (Å²) in [5.74, 6) is 0.219. The van der Waals surface area contributed by atoms with Crippen LogP contribution in [0.5, 0.6) is 5.75 Å². The Balaban J connectivity index is 1.58. The highest BCUT2D eigenvalue weighted by atomic mass is 19.3. The molecule has 0 radical (unpaired) electrons. The van der Waals surface area contributed by atoms with E-state index in [1.54, 1.807) is 50.2 Å². The van der Waals surface area contributed by atoms with Gasteiger partial charge in [-0.25, -0.2) is 18.2 Å². The molecule has 2 atom stereocenters. The van der Waals surface area contributed by atoms with E-state index in [9.17, 15) is 18.0 Å². The summed E-state index contributed by atoms with van der Waals surface area (Å²) < 4.78 is 44.9. The zero-order chi connectivity index (χ0) is 22.5. The van der Waals surface area contributed by atoms with Crippen molar-refractivity contribution in [2.24, 2.45) is 0 Å². The number of hydrogen-bond acceptors (Lipinski definition) is 6. The van der Waals surface area contributed by atoms with Crippen LogP contribution in [-0.2, 0) is 4.79 Å². The maximum Gasteiger partial charge on any atom is 0.239 e. The molecule has 0 saturated carbocycles. The highest BCUT2D eigenvalue weighted by Crippen LogP contribution is 2.27. The van der Waals surface area contributed by atoms with Crippen LogP contribution < -0.4 is 14.5 Å². The van der Waals surface area contributed by atoms with Crippen molar-refractivity contribution in [2.45, 2.75) is 44.6 Å². The lowest BCUT2D eigenvalue weighted by atomic mass is 9.94. The van der Waals surface area contributed by atoms with E-state index in [1.807, 2.05) is 4.90 Å². The fourth-order valence-electron chi connectivity index (χ4n) is 3.48. The predicted octanol–water partition coefficient (Wildman–Crippen LogP) is 4.06. The fraction of sp³-hybridized carbons (Fsp3) is 0.500. The van der Waals surface area contributed by atoms with Crippen LogP contribution in [0.15, 0.2) is 30.5 Å². The van der Waals surface area contributed by atoms with E-state index in [-0.39, 0.29) is 24.1 Å². The molecule has 168 valence electrons. The first-order valence-corrected chi connectivity index (χ1v) is 10.3. The first-order valence-electron chi connectivity index (χ1n) is 10.3. The number of ether oxygens (including phenoxy) is 1. The quantitative estimate of drug-likeness (QED) is 0.591. The zero-order valence-corrected chi connectivity index (χ0v) is 17.9. The molecule has 1 aliphatic rings. The summed E-state index contributed by atoms with van der Waals surface area (Å²) in [6, 6.07) is 7.09. The average Bonchev–Trinajstić information content (AvgIpc) is 3.20. The zero-order valence-electron chi connectivity index (χ0n) is 17.9. The van der Waals surface area contributed by atoms with Gasteiger partial charge in [0.15, 0.2) is 11.6 Å². The number of Topliss-reactive ketones (excluding diaryl/α,β-unsaturated/α-hetero) is 1. The molecule has 3 rings (SSSR count). The van der Waals surface area contributed by atoms with Crippen molar-refractivity contribution in [3.8, 4) is 5.75 Å². The summed E-state index contributed by atoms with van der Waals surface area (Å²) in [5.41, 5.74) is 0.763. The van der Waals surface area contributed by atoms with Gasteiger partial charge in [-0.05, 0) is 17.7 Å². The van der Waals surface area contributed by atoms with E-state index in [1.165, 1.54) is 6.20 Å². The first-order chi connectivity index (χ1) is 14.7. The van der Waals surface area contributed by atoms with Gasteiger partial charge in [0.1, 0.15) is 17.6 Å². The Morgan fingerprint density at radius 1 is 1.29 bits per heavy atom. The highest BCUT2D eigenvalue weighted by Gasteiger charge is 2.28. The maximum absolute atomic E-state index is 14.2. The molecular formula is C22H27F3N4O2. The molecule has 9 heteroatoms. The second kappa shape index (κ2) is 9.98. The molecule has 1 fully saturated rings. The van der Waals surface area contributed by atoms with Crippen LogP contribution in [0.1, 0.15) is 37.7 Å². The Kier molecular flexibility index (Phi) is 7.35. The van der Waals surface area contributed by atoms with Crippen LogP contribution in [0.3, 0.4) is 0 Å². The molecule has 31 heavy (non-hydrogen) atoms. The van der Waals surface area contributed by atoms with Gasteiger partial charge in [0.2, 0.25) is 12.4 Å². The predicted molar refractivity (Wildman–Crippen MR) is 113 cm³/mol. The number of anilines is 2. The van der Waals surface area contributed by atoms with E-state index in [4.69, 9.17) is 4.74 Å². The summed E-state index contributed by atoms with van der Waals surface area (Å²) in [5, 5.41) is 0. The van der Waals surface area contributed by atoms with Gasteiger partial charge in [-0.15, -0.1) is 0 Å². The summed E-state index contributed by atoms with van der Waals surface area (Å²) in [6.45, 7) is 2.82. The molecule has 1 unspecified atom stereocenters. The van der Waals surface area contributed by atoms with Crippen LogP contribution in [0.4, 0.5) is 24.9 Å². The van der Waals surface area contributed by atoms with Gasteiger partial charge in [-0.3, -0.25) is 4.79 Å². The van der Waals surface area contributed by atoms with Gasteiger partial charge in [-0.1, -0.05) is 19.1 Å². The molecule has 0 N–H and O–H groups in total. The lowest BCUT2D eigenvalue weighted by molar-refractivity contribution is -0.120. The minimum Gasteiger partial charge on any atom is -0.489 e. The van der Waals surface area contributed by atoms with Gasteiger partial charge in [0.05, 0.1) is 12.7 Å². The van der Waals surface area contributed by atoms with E-state index in [0.29, 0.717) is 31.2 Å². The summed E-state index contributed by atoms with van der Waals surface area (Å²) >= 11 is 0. The van der Waals surface area contributed by atoms with Crippen LogP contribution in [-0.4, -0.2) is 55.5 Å². The number of halogens is 3. The summed E-state index contributed by atoms with van der Waals surface area (Å²) in [6.07, 6.45) is -1.26. The van der Waals surface area contributed by atoms with Crippen molar-refractivity contribution in [1.82, 2.24) is 9.97 Å². The summed E-state index contributed by atoms with van der Waals surface area (Å²) in [4.78, 5) is 23.9. The topological polar surface area (TPSA) is 58.6 Å². The molecule has 0 bridgehead atoms. The van der Waals surface area contributed by atoms with E-state index in [0.717, 1.165) is 5.56 Å². The standard InChI is InChI=1S/C22H27F3N4O2/c1-14(19(30)8-9-20(24)25)15-4-6-16(7-5-15)31-17-10-11-29(13-17)21-18(23)12-26-22(27-21)28(2)3/h4-7,12,14,17,20H,8-11,13H2,1-3H3/t14?,17-/m1/s1. The number of alkyl halides is 2. The van der Waals surface area contributed by atoms with Gasteiger partial charge >= 0.3 is 0 Å². The van der Waals surface area contributed by atoms with Crippen molar-refractivity contribution in [2.75, 3.05) is 37.0 Å². The Bertz CT molecular complexity index is 893. The molecule has 1 aromatic heterocycles. The number of nitrogens with zero attached hydrogens (tertiary/aromatic N) is 4. The number of hydrogen-bond donors (Lipinski definition) is 0. The lowest BCUT2D eigenvalue weighted by Gasteiger charge is -2.20. The van der Waals surface area contributed by atoms with Gasteiger partial charge < -0.3 is 14.5 Å². The van der Waals surface area contributed by atoms with Crippen LogP contribution in [0.25, 0.3) is 0 Å². The van der Waals surface area contributed by atoms with Crippen molar-refractivity contribution in [3.05, 3.63) is 41.8 Å². The molecule has 2 aromatic rings. The SMILES string of the molecule is CC(C(=O)CCC(F)F)c1ccc(O[C@@H]2CCN(c3nc(N(C)C)ncc3F)C2)cc1. The van der Waals surface area contributed by atoms with Crippen molar-refractivity contribution >= 4 is 17.5 Å². The Hall–Kier alpha value is -2.84. The molecule has 0 aliphatic carbocycles. The smallest absolute Gasteiger partial charge is 0.239 e. The van der Waals surface area contributed by atoms with E-state index in [2.05, 4.69) is 9.97 Å². The largest absolute Gasteiger partial charge is 0.489 e. The molecule has 1 saturated heterocycles. The molecule has 2 heterocycles. The third kappa shape index (κ3) is 5.86. The molecule has 1 aromatic carbocycles. The van der Waals surface area contributed by atoms with Crippen molar-refractivity contribution < 1.29 is 22.7 Å². The Morgan fingerprint density at radius 3 is 2.65 bits per heavy atom. The normalized spacial score (nSPS) is 17.1. The third-order valence-electron chi connectivity index (χ3n) is 5.33. The maximum atomic E-state index is 14.2. The minimum absolute atomic E-state index is 0.131. The third-order valence-corrected chi connectivity index (χ3v) is 5.33. The Morgan fingerprint density at radius 2 is 2.00 bits per heavy atom. The monoisotopic (exact) mass is 436 g/mol. The molecular weight excluding hydrogens is 409 g/mol. The van der Waals surface area contributed by atoms with Gasteiger partial charge in [-0.2, -0.15) is 4.98 Å². The number of benzene rings is 1. The number of carbonyl (C=O) groups excluding carboxylic acids is 1. The van der Waals surface area contributed by atoms with Gasteiger partial charge in [0, 0.05) is 45.8 Å². The number of carbonyl (C=O) groups is 1. The molecule has 6 nitrogen and oxygen atoms in total. The molecule has 0 amide bonds. The Labute approximate surface area is 180 Å². The van der Waals surface area contributed by atoms with Gasteiger partial charge in [0.25, 0.3) is 0 Å². The van der Waals surface area contributed by atoms with E-state index >= 15 is 0 Å². The van der Waals surface area contributed by atoms with Crippen LogP contribution >= 0.6 is 0 Å². The molecule has 1 aliphatic heterocycles. The minimum atomic E-state index is -2.47. The van der Waals surface area contributed by atoms with Crippen LogP contribution in [0.2, 0.25) is 0 Å². The lowest BCUT2D eigenvalue weighted by Crippen LogP contribution is -2.27. The summed E-state index contributed by atoms with van der Waals surface area (Å²) in [7, 11) is 3.59. The van der Waals surface area contributed by atoms with Crippen molar-refractivity contribution in [1.29, 1.82) is 0 Å². The fourth-order valence-corrected chi connectivity index (χ4v) is 3.48. The van der Waals surface area contributed by atoms with Crippen molar-refractivity contribution in [3.63, 3.8) is 0 Å². The first kappa shape index (κ1) is 22.8. The second-order valence-corrected chi connectivity index (χ2v) is 7.90. The van der Waals surface area contributed by atoms with E-state index < -0.39 is 24.6 Å². The number of ketones is 1.